The minimum Gasteiger partial charge on any atom is -0.493 e. The number of rotatable bonds is 8. The highest BCUT2D eigenvalue weighted by atomic mass is 32.2. The van der Waals surface area contributed by atoms with Crippen LogP contribution in [0, 0.1) is 6.92 Å². The van der Waals surface area contributed by atoms with Gasteiger partial charge in [0.2, 0.25) is 10.0 Å². The van der Waals surface area contributed by atoms with E-state index in [1.54, 1.807) is 13.0 Å². The van der Waals surface area contributed by atoms with Crippen LogP contribution in [0.15, 0.2) is 41.3 Å². The standard InChI is InChI=1S/C18H20F2N2O5S/c1-11-3-5-13(28(21,24)25)10-14(11)17(23)22-8-7-12-4-6-15(26-2)16(9-12)27-18(19)20/h3-6,9-10,18H,7-8H2,1-2H3,(H,22,23)(H2,21,24,25). The SMILES string of the molecule is COc1ccc(CCNC(=O)c2cc(S(N)(=O)=O)ccc2C)cc1OC(F)F. The van der Waals surface area contributed by atoms with E-state index in [-0.39, 0.29) is 28.5 Å². The maximum absolute atomic E-state index is 12.5. The smallest absolute Gasteiger partial charge is 0.387 e. The Morgan fingerprint density at radius 2 is 1.89 bits per heavy atom. The number of aryl methyl sites for hydroxylation is 1. The summed E-state index contributed by atoms with van der Waals surface area (Å²) in [6.45, 7) is -1.13. The van der Waals surface area contributed by atoms with E-state index in [1.807, 2.05) is 0 Å². The molecule has 0 spiro atoms. The lowest BCUT2D eigenvalue weighted by Gasteiger charge is -2.12. The van der Waals surface area contributed by atoms with Crippen LogP contribution < -0.4 is 19.9 Å². The van der Waals surface area contributed by atoms with E-state index in [9.17, 15) is 22.0 Å². The number of nitrogens with one attached hydrogen (secondary N) is 1. The Hall–Kier alpha value is -2.72. The maximum Gasteiger partial charge on any atom is 0.387 e. The number of hydrogen-bond acceptors (Lipinski definition) is 5. The zero-order valence-electron chi connectivity index (χ0n) is 15.2. The van der Waals surface area contributed by atoms with Crippen LogP contribution in [0.5, 0.6) is 11.5 Å². The molecule has 0 aliphatic carbocycles. The molecule has 0 unspecified atom stereocenters. The summed E-state index contributed by atoms with van der Waals surface area (Å²) in [6.07, 6.45) is 0.337. The van der Waals surface area contributed by atoms with Gasteiger partial charge in [0.25, 0.3) is 5.91 Å². The van der Waals surface area contributed by atoms with Gasteiger partial charge in [-0.05, 0) is 48.7 Å². The summed E-state index contributed by atoms with van der Waals surface area (Å²) in [5, 5.41) is 7.75. The van der Waals surface area contributed by atoms with Crippen molar-refractivity contribution >= 4 is 15.9 Å². The molecule has 0 bridgehead atoms. The summed E-state index contributed by atoms with van der Waals surface area (Å²) < 4.78 is 57.2. The van der Waals surface area contributed by atoms with Crippen LogP contribution in [0.4, 0.5) is 8.78 Å². The molecule has 0 saturated carbocycles. The molecule has 0 saturated heterocycles. The lowest BCUT2D eigenvalue weighted by molar-refractivity contribution is -0.0512. The van der Waals surface area contributed by atoms with E-state index in [4.69, 9.17) is 9.88 Å². The molecule has 0 atom stereocenters. The first-order valence-electron chi connectivity index (χ1n) is 8.15. The van der Waals surface area contributed by atoms with Gasteiger partial charge in [-0.3, -0.25) is 4.79 Å². The molecular formula is C18H20F2N2O5S. The second-order valence-electron chi connectivity index (χ2n) is 5.89. The molecule has 28 heavy (non-hydrogen) atoms. The van der Waals surface area contributed by atoms with Crippen LogP contribution in [0.1, 0.15) is 21.5 Å². The normalized spacial score (nSPS) is 11.4. The van der Waals surface area contributed by atoms with E-state index in [1.165, 1.54) is 37.4 Å². The van der Waals surface area contributed by atoms with Crippen LogP contribution in [-0.4, -0.2) is 34.6 Å². The third kappa shape index (κ3) is 5.64. The van der Waals surface area contributed by atoms with Gasteiger partial charge in [0, 0.05) is 12.1 Å². The van der Waals surface area contributed by atoms with Crippen molar-refractivity contribution in [2.45, 2.75) is 24.9 Å². The Morgan fingerprint density at radius 1 is 1.18 bits per heavy atom. The number of sulfonamides is 1. The van der Waals surface area contributed by atoms with Crippen LogP contribution in [0.2, 0.25) is 0 Å². The highest BCUT2D eigenvalue weighted by Gasteiger charge is 2.15. The van der Waals surface area contributed by atoms with Crippen LogP contribution in [0.25, 0.3) is 0 Å². The summed E-state index contributed by atoms with van der Waals surface area (Å²) >= 11 is 0. The number of methoxy groups -OCH3 is 1. The van der Waals surface area contributed by atoms with Gasteiger partial charge < -0.3 is 14.8 Å². The van der Waals surface area contributed by atoms with Crippen molar-refractivity contribution in [3.8, 4) is 11.5 Å². The molecule has 2 aromatic rings. The first kappa shape index (κ1) is 21.6. The first-order chi connectivity index (χ1) is 13.1. The molecule has 10 heteroatoms. The number of ether oxygens (including phenoxy) is 2. The zero-order chi connectivity index (χ0) is 20.9. The summed E-state index contributed by atoms with van der Waals surface area (Å²) in [4.78, 5) is 12.2. The van der Waals surface area contributed by atoms with E-state index < -0.39 is 22.5 Å². The molecular weight excluding hydrogens is 394 g/mol. The number of carbonyl (C=O) groups is 1. The summed E-state index contributed by atoms with van der Waals surface area (Å²) in [5.74, 6) is -0.401. The van der Waals surface area contributed by atoms with Gasteiger partial charge in [-0.15, -0.1) is 0 Å². The van der Waals surface area contributed by atoms with Crippen LogP contribution >= 0.6 is 0 Å². The average molecular weight is 414 g/mol. The Bertz CT molecular complexity index is 964. The molecule has 0 heterocycles. The third-order valence-electron chi connectivity index (χ3n) is 3.93. The van der Waals surface area contributed by atoms with Gasteiger partial charge in [-0.2, -0.15) is 8.78 Å². The molecule has 3 N–H and O–H groups in total. The van der Waals surface area contributed by atoms with Gasteiger partial charge in [-0.1, -0.05) is 12.1 Å². The van der Waals surface area contributed by atoms with Crippen molar-refractivity contribution in [3.63, 3.8) is 0 Å². The van der Waals surface area contributed by atoms with Gasteiger partial charge in [0.05, 0.1) is 12.0 Å². The maximum atomic E-state index is 12.5. The molecule has 0 aliphatic rings. The fourth-order valence-corrected chi connectivity index (χ4v) is 3.04. The summed E-state index contributed by atoms with van der Waals surface area (Å²) in [5.41, 5.74) is 1.41. The zero-order valence-corrected chi connectivity index (χ0v) is 16.1. The molecule has 2 aromatic carbocycles. The van der Waals surface area contributed by atoms with Crippen molar-refractivity contribution in [2.75, 3.05) is 13.7 Å². The number of nitrogens with two attached hydrogens (primary N) is 1. The van der Waals surface area contributed by atoms with Crippen molar-refractivity contribution in [1.82, 2.24) is 5.32 Å². The van der Waals surface area contributed by atoms with E-state index >= 15 is 0 Å². The van der Waals surface area contributed by atoms with Gasteiger partial charge >= 0.3 is 6.61 Å². The Labute approximate surface area is 161 Å². The number of amides is 1. The molecule has 0 fully saturated rings. The molecule has 0 aromatic heterocycles. The summed E-state index contributed by atoms with van der Waals surface area (Å²) in [6, 6.07) is 8.59. The van der Waals surface area contributed by atoms with E-state index in [2.05, 4.69) is 10.1 Å². The Kier molecular flexibility index (Phi) is 6.92. The predicted octanol–water partition coefficient (Wildman–Crippen LogP) is 2.22. The highest BCUT2D eigenvalue weighted by molar-refractivity contribution is 7.89. The number of hydrogen-bond donors (Lipinski definition) is 2. The van der Waals surface area contributed by atoms with Crippen LogP contribution in [0.3, 0.4) is 0 Å². The molecule has 152 valence electrons. The number of halogens is 2. The van der Waals surface area contributed by atoms with Crippen molar-refractivity contribution in [3.05, 3.63) is 53.1 Å². The second kappa shape index (κ2) is 8.98. The average Bonchev–Trinajstić information content (AvgIpc) is 2.60. The molecule has 0 aliphatic heterocycles. The largest absolute Gasteiger partial charge is 0.493 e. The minimum atomic E-state index is -3.93. The van der Waals surface area contributed by atoms with Crippen molar-refractivity contribution in [1.29, 1.82) is 0 Å². The minimum absolute atomic E-state index is 0.0991. The van der Waals surface area contributed by atoms with Crippen LogP contribution in [-0.2, 0) is 16.4 Å². The number of alkyl halides is 2. The molecule has 7 nitrogen and oxygen atoms in total. The lowest BCUT2D eigenvalue weighted by Crippen LogP contribution is -2.27. The lowest BCUT2D eigenvalue weighted by atomic mass is 10.1. The van der Waals surface area contributed by atoms with E-state index in [0.717, 1.165) is 0 Å². The second-order valence-corrected chi connectivity index (χ2v) is 7.45. The fraction of sp³-hybridized carbons (Fsp3) is 0.278. The monoisotopic (exact) mass is 414 g/mol. The van der Waals surface area contributed by atoms with Gasteiger partial charge in [0.15, 0.2) is 11.5 Å². The van der Waals surface area contributed by atoms with E-state index in [0.29, 0.717) is 17.5 Å². The Morgan fingerprint density at radius 3 is 2.50 bits per heavy atom. The number of benzene rings is 2. The number of primary sulfonamides is 1. The topological polar surface area (TPSA) is 108 Å². The number of carbonyl (C=O) groups excluding carboxylic acids is 1. The first-order valence-corrected chi connectivity index (χ1v) is 9.70. The fourth-order valence-electron chi connectivity index (χ4n) is 2.50. The highest BCUT2D eigenvalue weighted by Crippen LogP contribution is 2.29. The third-order valence-corrected chi connectivity index (χ3v) is 4.84. The van der Waals surface area contributed by atoms with Crippen molar-refractivity contribution in [2.24, 2.45) is 5.14 Å². The van der Waals surface area contributed by atoms with Gasteiger partial charge in [0.1, 0.15) is 0 Å². The Balaban J connectivity index is 2.06. The molecule has 1 amide bonds. The molecule has 2 rings (SSSR count). The summed E-state index contributed by atoms with van der Waals surface area (Å²) in [7, 11) is -2.59. The molecule has 0 radical (unpaired) electrons. The van der Waals surface area contributed by atoms with Gasteiger partial charge in [-0.25, -0.2) is 13.6 Å². The quantitative estimate of drug-likeness (QED) is 0.689. The predicted molar refractivity (Wildman–Crippen MR) is 98.2 cm³/mol. The van der Waals surface area contributed by atoms with Crippen molar-refractivity contribution < 1.29 is 31.5 Å².